The third-order valence-electron chi connectivity index (χ3n) is 5.97. The molecule has 0 atom stereocenters. The normalized spacial score (nSPS) is 14.8. The zero-order chi connectivity index (χ0) is 22.8. The van der Waals surface area contributed by atoms with Crippen molar-refractivity contribution in [1.29, 1.82) is 0 Å². The van der Waals surface area contributed by atoms with Crippen LogP contribution in [0.5, 0.6) is 0 Å². The summed E-state index contributed by atoms with van der Waals surface area (Å²) in [6.45, 7) is 8.46. The highest BCUT2D eigenvalue weighted by Crippen LogP contribution is 2.23. The van der Waals surface area contributed by atoms with Crippen LogP contribution in [0.2, 0.25) is 0 Å². The molecule has 1 aromatic carbocycles. The van der Waals surface area contributed by atoms with Gasteiger partial charge in [-0.1, -0.05) is 26.0 Å². The predicted molar refractivity (Wildman–Crippen MR) is 128 cm³/mol. The van der Waals surface area contributed by atoms with Gasteiger partial charge in [0, 0.05) is 43.2 Å². The number of nitrogens with zero attached hydrogens (tertiary/aromatic N) is 6. The second-order valence-corrected chi connectivity index (χ2v) is 8.83. The molecule has 1 saturated heterocycles. The topological polar surface area (TPSA) is 94.2 Å². The van der Waals surface area contributed by atoms with Crippen molar-refractivity contribution in [3.63, 3.8) is 0 Å². The van der Waals surface area contributed by atoms with Gasteiger partial charge in [0.1, 0.15) is 0 Å². The molecule has 0 aliphatic carbocycles. The van der Waals surface area contributed by atoms with Gasteiger partial charge in [0.25, 0.3) is 0 Å². The molecular formula is C24H30N8O. The molecule has 3 aromatic heterocycles. The van der Waals surface area contributed by atoms with Crippen LogP contribution in [0.25, 0.3) is 11.3 Å². The first kappa shape index (κ1) is 21.4. The van der Waals surface area contributed by atoms with E-state index in [1.807, 2.05) is 30.2 Å². The van der Waals surface area contributed by atoms with E-state index in [1.165, 1.54) is 0 Å². The summed E-state index contributed by atoms with van der Waals surface area (Å²) < 4.78 is 9.30. The summed E-state index contributed by atoms with van der Waals surface area (Å²) in [7, 11) is 0. The lowest BCUT2D eigenvalue weighted by Crippen LogP contribution is -2.29. The van der Waals surface area contributed by atoms with E-state index in [9.17, 15) is 0 Å². The summed E-state index contributed by atoms with van der Waals surface area (Å²) in [5.74, 6) is 1.63. The van der Waals surface area contributed by atoms with Gasteiger partial charge < -0.3 is 19.9 Å². The van der Waals surface area contributed by atoms with E-state index in [1.54, 1.807) is 4.52 Å². The fourth-order valence-corrected chi connectivity index (χ4v) is 4.03. The summed E-state index contributed by atoms with van der Waals surface area (Å²) >= 11 is 0. The highest BCUT2D eigenvalue weighted by Gasteiger charge is 2.19. The SMILES string of the molecule is Cc1cn(-c2ccc(CNc3nc(NC4CCOCC4)nc4c(C(C)C)cnn34)cc2)cn1. The fourth-order valence-electron chi connectivity index (χ4n) is 4.03. The van der Waals surface area contributed by atoms with E-state index >= 15 is 0 Å². The number of nitrogens with one attached hydrogen (secondary N) is 2. The average molecular weight is 447 g/mol. The standard InChI is InChI=1S/C24H30N8O/c1-16(2)21-13-27-32-22(21)29-23(28-19-8-10-33-11-9-19)30-24(32)25-12-18-4-6-20(7-5-18)31-14-17(3)26-15-31/h4-7,13-16,19H,8-12H2,1-3H3,(H2,25,28,29,30). The molecule has 172 valence electrons. The number of imidazole rings is 1. The van der Waals surface area contributed by atoms with Gasteiger partial charge in [-0.25, -0.2) is 4.98 Å². The van der Waals surface area contributed by atoms with E-state index in [0.717, 1.165) is 54.2 Å². The van der Waals surface area contributed by atoms with Crippen molar-refractivity contribution >= 4 is 17.5 Å². The van der Waals surface area contributed by atoms with Gasteiger partial charge in [-0.3, -0.25) is 0 Å². The second kappa shape index (κ2) is 9.19. The summed E-state index contributed by atoms with van der Waals surface area (Å²) in [6.07, 6.45) is 7.64. The first-order valence-corrected chi connectivity index (χ1v) is 11.5. The molecule has 0 radical (unpaired) electrons. The van der Waals surface area contributed by atoms with Crippen LogP contribution in [-0.4, -0.2) is 48.4 Å². The molecule has 0 saturated carbocycles. The lowest BCUT2D eigenvalue weighted by molar-refractivity contribution is 0.0903. The Balaban J connectivity index is 1.38. The van der Waals surface area contributed by atoms with Crippen molar-refractivity contribution in [2.75, 3.05) is 23.8 Å². The largest absolute Gasteiger partial charge is 0.381 e. The molecule has 0 spiro atoms. The maximum Gasteiger partial charge on any atom is 0.229 e. The van der Waals surface area contributed by atoms with Crippen LogP contribution in [0.3, 0.4) is 0 Å². The zero-order valence-electron chi connectivity index (χ0n) is 19.3. The summed E-state index contributed by atoms with van der Waals surface area (Å²) in [4.78, 5) is 13.9. The number of ether oxygens (including phenoxy) is 1. The van der Waals surface area contributed by atoms with Crippen molar-refractivity contribution in [2.45, 2.75) is 52.1 Å². The van der Waals surface area contributed by atoms with Crippen molar-refractivity contribution in [3.05, 3.63) is 59.8 Å². The van der Waals surface area contributed by atoms with Crippen LogP contribution in [0.15, 0.2) is 43.0 Å². The molecule has 9 nitrogen and oxygen atoms in total. The molecule has 2 N–H and O–H groups in total. The minimum absolute atomic E-state index is 0.318. The molecule has 33 heavy (non-hydrogen) atoms. The van der Waals surface area contributed by atoms with Gasteiger partial charge >= 0.3 is 0 Å². The van der Waals surface area contributed by atoms with Crippen LogP contribution in [0.4, 0.5) is 11.9 Å². The predicted octanol–water partition coefficient (Wildman–Crippen LogP) is 3.94. The van der Waals surface area contributed by atoms with E-state index < -0.39 is 0 Å². The van der Waals surface area contributed by atoms with Crippen molar-refractivity contribution < 1.29 is 4.74 Å². The number of hydrogen-bond donors (Lipinski definition) is 2. The molecule has 9 heteroatoms. The highest BCUT2D eigenvalue weighted by atomic mass is 16.5. The quantitative estimate of drug-likeness (QED) is 0.444. The number of hydrogen-bond acceptors (Lipinski definition) is 7. The Morgan fingerprint density at radius 2 is 1.91 bits per heavy atom. The van der Waals surface area contributed by atoms with Gasteiger partial charge in [0.2, 0.25) is 11.9 Å². The maximum absolute atomic E-state index is 5.48. The number of anilines is 2. The number of rotatable bonds is 7. The average Bonchev–Trinajstić information content (AvgIpc) is 3.45. The van der Waals surface area contributed by atoms with Gasteiger partial charge in [-0.2, -0.15) is 19.6 Å². The maximum atomic E-state index is 5.48. The van der Waals surface area contributed by atoms with Crippen LogP contribution < -0.4 is 10.6 Å². The molecule has 4 heterocycles. The van der Waals surface area contributed by atoms with Crippen LogP contribution in [0.1, 0.15) is 49.4 Å². The molecule has 5 rings (SSSR count). The number of benzene rings is 1. The Hall–Kier alpha value is -3.46. The molecule has 0 bridgehead atoms. The first-order chi connectivity index (χ1) is 16.1. The minimum atomic E-state index is 0.318. The first-order valence-electron chi connectivity index (χ1n) is 11.5. The number of aryl methyl sites for hydroxylation is 1. The third kappa shape index (κ3) is 4.68. The molecule has 4 aromatic rings. The van der Waals surface area contributed by atoms with Crippen LogP contribution in [0, 0.1) is 6.92 Å². The molecule has 0 unspecified atom stereocenters. The monoisotopic (exact) mass is 446 g/mol. The van der Waals surface area contributed by atoms with Crippen LogP contribution >= 0.6 is 0 Å². The Morgan fingerprint density at radius 1 is 1.12 bits per heavy atom. The molecule has 1 aliphatic heterocycles. The van der Waals surface area contributed by atoms with E-state index in [0.29, 0.717) is 30.4 Å². The van der Waals surface area contributed by atoms with E-state index in [-0.39, 0.29) is 0 Å². The zero-order valence-corrected chi connectivity index (χ0v) is 19.3. The lowest BCUT2D eigenvalue weighted by Gasteiger charge is -2.23. The Bertz CT molecular complexity index is 1220. The molecule has 1 aliphatic rings. The molecule has 0 amide bonds. The van der Waals surface area contributed by atoms with Gasteiger partial charge in [-0.05, 0) is 43.4 Å². The number of aromatic nitrogens is 6. The smallest absolute Gasteiger partial charge is 0.229 e. The molecular weight excluding hydrogens is 416 g/mol. The van der Waals surface area contributed by atoms with E-state index in [4.69, 9.17) is 14.7 Å². The summed E-state index contributed by atoms with van der Waals surface area (Å²) in [6, 6.07) is 8.73. The van der Waals surface area contributed by atoms with Crippen molar-refractivity contribution in [3.8, 4) is 5.69 Å². The summed E-state index contributed by atoms with van der Waals surface area (Å²) in [5, 5.41) is 11.5. The second-order valence-electron chi connectivity index (χ2n) is 8.83. The van der Waals surface area contributed by atoms with Gasteiger partial charge in [0.15, 0.2) is 5.65 Å². The van der Waals surface area contributed by atoms with Crippen molar-refractivity contribution in [1.82, 2.24) is 29.1 Å². The van der Waals surface area contributed by atoms with Gasteiger partial charge in [0.05, 0.1) is 18.2 Å². The van der Waals surface area contributed by atoms with E-state index in [2.05, 4.69) is 58.8 Å². The number of fused-ring (bicyclic) bond motifs is 1. The van der Waals surface area contributed by atoms with Crippen LogP contribution in [-0.2, 0) is 11.3 Å². The van der Waals surface area contributed by atoms with Gasteiger partial charge in [-0.15, -0.1) is 0 Å². The Morgan fingerprint density at radius 3 is 2.61 bits per heavy atom. The molecule has 1 fully saturated rings. The summed E-state index contributed by atoms with van der Waals surface area (Å²) in [5.41, 5.74) is 5.18. The minimum Gasteiger partial charge on any atom is -0.381 e. The Labute approximate surface area is 193 Å². The van der Waals surface area contributed by atoms with Crippen molar-refractivity contribution in [2.24, 2.45) is 0 Å². The fraction of sp³-hybridized carbons (Fsp3) is 0.417. The Kier molecular flexibility index (Phi) is 5.95. The highest BCUT2D eigenvalue weighted by molar-refractivity contribution is 5.56. The third-order valence-corrected chi connectivity index (χ3v) is 5.97. The lowest BCUT2D eigenvalue weighted by atomic mass is 10.1.